The molecule has 2 N–H and O–H groups in total. The van der Waals surface area contributed by atoms with Crippen molar-refractivity contribution in [1.29, 1.82) is 0 Å². The van der Waals surface area contributed by atoms with E-state index < -0.39 is 47.8 Å². The van der Waals surface area contributed by atoms with Crippen molar-refractivity contribution < 1.29 is 33.6 Å². The van der Waals surface area contributed by atoms with Crippen molar-refractivity contribution in [3.63, 3.8) is 0 Å². The van der Waals surface area contributed by atoms with Gasteiger partial charge in [-0.15, -0.1) is 6.58 Å². The van der Waals surface area contributed by atoms with Crippen molar-refractivity contribution in [3.8, 4) is 0 Å². The molecule has 1 amide bonds. The molecule has 0 bridgehead atoms. The molecule has 2 aliphatic rings. The number of amides is 1. The Balaban J connectivity index is 2.47. The highest BCUT2D eigenvalue weighted by molar-refractivity contribution is 5.80. The fourth-order valence-corrected chi connectivity index (χ4v) is 3.92. The monoisotopic (exact) mass is 412 g/mol. The van der Waals surface area contributed by atoms with Gasteiger partial charge >= 0.3 is 5.97 Å². The smallest absolute Gasteiger partial charge is 0.338 e. The number of carbonyl (C=O) groups excluding carboxylic acids is 2. The van der Waals surface area contributed by atoms with Crippen molar-refractivity contribution >= 4 is 11.9 Å². The first-order valence-electron chi connectivity index (χ1n) is 9.28. The fourth-order valence-electron chi connectivity index (χ4n) is 3.92. The summed E-state index contributed by atoms with van der Waals surface area (Å²) in [5.74, 6) is -2.09. The lowest BCUT2D eigenvalue weighted by atomic mass is 9.81. The molecule has 2 fully saturated rings. The topological polar surface area (TPSA) is 152 Å². The highest BCUT2D eigenvalue weighted by Crippen LogP contribution is 2.40. The number of aliphatic hydroxyl groups excluding tert-OH is 1. The predicted molar refractivity (Wildman–Crippen MR) is 101 cm³/mol. The summed E-state index contributed by atoms with van der Waals surface area (Å²) in [7, 11) is 1.22. The number of ether oxygens (including phenoxy) is 4. The molecule has 0 aromatic carbocycles. The van der Waals surface area contributed by atoms with Crippen molar-refractivity contribution in [1.82, 2.24) is 5.32 Å². The molecule has 0 aliphatic carbocycles. The third kappa shape index (κ3) is 5.06. The van der Waals surface area contributed by atoms with E-state index in [0.29, 0.717) is 0 Å². The summed E-state index contributed by atoms with van der Waals surface area (Å²) in [6, 6.07) is -0.883. The second-order valence-corrected chi connectivity index (χ2v) is 7.61. The number of nitrogens with one attached hydrogen (secondary N) is 1. The van der Waals surface area contributed by atoms with E-state index in [9.17, 15) is 14.7 Å². The van der Waals surface area contributed by atoms with Gasteiger partial charge in [-0.05, 0) is 19.4 Å². The molecule has 0 unspecified atom stereocenters. The van der Waals surface area contributed by atoms with Gasteiger partial charge < -0.3 is 29.4 Å². The molecular formula is C18H28N4O7. The van der Waals surface area contributed by atoms with Crippen molar-refractivity contribution in [2.45, 2.75) is 75.5 Å². The van der Waals surface area contributed by atoms with E-state index >= 15 is 0 Å². The molecular weight excluding hydrogens is 384 g/mol. The highest BCUT2D eigenvalue weighted by atomic mass is 16.8. The maximum atomic E-state index is 12.6. The zero-order valence-electron chi connectivity index (χ0n) is 17.0. The van der Waals surface area contributed by atoms with E-state index in [4.69, 9.17) is 24.5 Å². The maximum Gasteiger partial charge on any atom is 0.338 e. The van der Waals surface area contributed by atoms with E-state index in [2.05, 4.69) is 21.9 Å². The van der Waals surface area contributed by atoms with E-state index in [-0.39, 0.29) is 25.3 Å². The molecule has 0 saturated carbocycles. The van der Waals surface area contributed by atoms with Crippen LogP contribution in [0.4, 0.5) is 0 Å². The second-order valence-electron chi connectivity index (χ2n) is 7.61. The SMILES string of the molecule is C=CC[C@]1(C(=O)OC)C[C@H](O)[C@@H](NC(C)=O)[C@H]([C@@H]2OC(C)(C)O[C@@H]2CN=[N+]=[N-])O1. The Morgan fingerprint density at radius 3 is 2.62 bits per heavy atom. The molecule has 162 valence electrons. The second kappa shape index (κ2) is 9.10. The number of aliphatic hydroxyl groups is 1. The quantitative estimate of drug-likeness (QED) is 0.208. The molecule has 0 aromatic heterocycles. The van der Waals surface area contributed by atoms with Crippen LogP contribution in [0.5, 0.6) is 0 Å². The summed E-state index contributed by atoms with van der Waals surface area (Å²) in [5.41, 5.74) is 7.18. The summed E-state index contributed by atoms with van der Waals surface area (Å²) in [6.07, 6.45) is -2.20. The van der Waals surface area contributed by atoms with Gasteiger partial charge in [-0.3, -0.25) is 4.79 Å². The van der Waals surface area contributed by atoms with Gasteiger partial charge in [0.15, 0.2) is 11.4 Å². The summed E-state index contributed by atoms with van der Waals surface area (Å²) >= 11 is 0. The fraction of sp³-hybridized carbons (Fsp3) is 0.778. The van der Waals surface area contributed by atoms with E-state index in [1.54, 1.807) is 13.8 Å². The number of azide groups is 1. The van der Waals surface area contributed by atoms with Crippen molar-refractivity contribution in [2.24, 2.45) is 5.11 Å². The Bertz CT molecular complexity index is 694. The van der Waals surface area contributed by atoms with Crippen LogP contribution in [0.3, 0.4) is 0 Å². The minimum Gasteiger partial charge on any atom is -0.467 e. The first-order valence-corrected chi connectivity index (χ1v) is 9.28. The molecule has 11 heteroatoms. The first kappa shape index (κ1) is 23.1. The van der Waals surface area contributed by atoms with Crippen LogP contribution in [-0.2, 0) is 28.5 Å². The van der Waals surface area contributed by atoms with E-state index in [0.717, 1.165) is 0 Å². The summed E-state index contributed by atoms with van der Waals surface area (Å²) < 4.78 is 22.9. The maximum absolute atomic E-state index is 12.6. The minimum absolute atomic E-state index is 0.0555. The molecule has 6 atom stereocenters. The van der Waals surface area contributed by atoms with Gasteiger partial charge in [0.25, 0.3) is 0 Å². The van der Waals surface area contributed by atoms with Crippen molar-refractivity contribution in [2.75, 3.05) is 13.7 Å². The van der Waals surface area contributed by atoms with Gasteiger partial charge in [-0.25, -0.2) is 4.79 Å². The average Bonchev–Trinajstić information content (AvgIpc) is 2.95. The van der Waals surface area contributed by atoms with Gasteiger partial charge in [0.05, 0.1) is 31.9 Å². The lowest BCUT2D eigenvalue weighted by Gasteiger charge is -2.47. The number of rotatable bonds is 7. The zero-order valence-corrected chi connectivity index (χ0v) is 17.0. The Labute approximate surface area is 168 Å². The molecule has 2 aliphatic heterocycles. The Hall–Kier alpha value is -2.17. The van der Waals surface area contributed by atoms with Crippen LogP contribution in [0.2, 0.25) is 0 Å². The Kier molecular flexibility index (Phi) is 7.25. The number of methoxy groups -OCH3 is 1. The minimum atomic E-state index is -1.51. The molecule has 0 aromatic rings. The van der Waals surface area contributed by atoms with Crippen LogP contribution in [0.15, 0.2) is 17.8 Å². The van der Waals surface area contributed by atoms with Gasteiger partial charge in [-0.2, -0.15) is 0 Å². The number of esters is 1. The van der Waals surface area contributed by atoms with E-state index in [1.807, 2.05) is 0 Å². The number of hydrogen-bond donors (Lipinski definition) is 2. The predicted octanol–water partition coefficient (Wildman–Crippen LogP) is 0.959. The van der Waals surface area contributed by atoms with E-state index in [1.165, 1.54) is 20.1 Å². The van der Waals surface area contributed by atoms with Crippen LogP contribution < -0.4 is 5.32 Å². The van der Waals surface area contributed by atoms with Crippen molar-refractivity contribution in [3.05, 3.63) is 23.1 Å². The summed E-state index contributed by atoms with van der Waals surface area (Å²) in [4.78, 5) is 27.1. The van der Waals surface area contributed by atoms with Gasteiger partial charge in [0.1, 0.15) is 12.2 Å². The van der Waals surface area contributed by atoms with Gasteiger partial charge in [-0.1, -0.05) is 11.2 Å². The lowest BCUT2D eigenvalue weighted by Crippen LogP contribution is -2.67. The summed E-state index contributed by atoms with van der Waals surface area (Å²) in [5, 5.41) is 17.1. The molecule has 29 heavy (non-hydrogen) atoms. The largest absolute Gasteiger partial charge is 0.467 e. The standard InChI is InChI=1S/C18H28N4O7/c1-6-7-18(16(25)26-5)8-11(24)13(21-10(2)23)15(29-18)14-12(9-20-22-19)27-17(3,4)28-14/h6,11-15,24H,1,7-9H2,2-5H3,(H,21,23)/t11-,12+,13+,14+,15+,18+/m0/s1. The third-order valence-electron chi connectivity index (χ3n) is 4.94. The van der Waals surface area contributed by atoms with Gasteiger partial charge in [0.2, 0.25) is 5.91 Å². The number of carbonyl (C=O) groups is 2. The Morgan fingerprint density at radius 2 is 2.07 bits per heavy atom. The summed E-state index contributed by atoms with van der Waals surface area (Å²) in [6.45, 7) is 8.27. The average molecular weight is 412 g/mol. The number of nitrogens with zero attached hydrogens (tertiary/aromatic N) is 3. The van der Waals surface area contributed by atoms with Crippen LogP contribution in [0.25, 0.3) is 10.4 Å². The molecule has 2 saturated heterocycles. The molecule has 0 spiro atoms. The van der Waals surface area contributed by atoms with Crippen LogP contribution in [0.1, 0.15) is 33.6 Å². The van der Waals surface area contributed by atoms with Crippen LogP contribution >= 0.6 is 0 Å². The van der Waals surface area contributed by atoms with Crippen LogP contribution in [-0.4, -0.2) is 72.5 Å². The third-order valence-corrected chi connectivity index (χ3v) is 4.94. The lowest BCUT2D eigenvalue weighted by molar-refractivity contribution is -0.230. The van der Waals surface area contributed by atoms with Crippen LogP contribution in [0, 0.1) is 0 Å². The molecule has 2 rings (SSSR count). The molecule has 0 radical (unpaired) electrons. The Morgan fingerprint density at radius 1 is 1.38 bits per heavy atom. The first-order chi connectivity index (χ1) is 13.6. The molecule has 11 nitrogen and oxygen atoms in total. The molecule has 2 heterocycles. The highest BCUT2D eigenvalue weighted by Gasteiger charge is 2.57. The van der Waals surface area contributed by atoms with Gasteiger partial charge in [0, 0.05) is 24.7 Å². The number of hydrogen-bond acceptors (Lipinski definition) is 8. The zero-order chi connectivity index (χ0) is 21.8. The normalized spacial score (nSPS) is 36.0.